The van der Waals surface area contributed by atoms with Gasteiger partial charge in [-0.15, -0.1) is 0 Å². The number of nitrogens with one attached hydrogen (secondary N) is 1. The van der Waals surface area contributed by atoms with Crippen LogP contribution < -0.4 is 5.32 Å². The molecule has 2 heteroatoms. The Bertz CT molecular complexity index is 343. The van der Waals surface area contributed by atoms with Gasteiger partial charge in [-0.3, -0.25) is 0 Å². The third-order valence-corrected chi connectivity index (χ3v) is 3.50. The molecule has 0 radical (unpaired) electrons. The maximum absolute atomic E-state index is 13.1. The van der Waals surface area contributed by atoms with Gasteiger partial charge in [0.15, 0.2) is 0 Å². The second-order valence-corrected chi connectivity index (χ2v) is 4.70. The molecule has 1 N–H and O–H groups in total. The first kappa shape index (κ1) is 13.2. The van der Waals surface area contributed by atoms with Crippen LogP contribution in [-0.2, 0) is 6.54 Å². The van der Waals surface area contributed by atoms with Crippen molar-refractivity contribution in [3.63, 3.8) is 0 Å². The minimum atomic E-state index is -0.127. The molecule has 16 heavy (non-hydrogen) atoms. The normalized spacial score (nSPS) is 11.8. The summed E-state index contributed by atoms with van der Waals surface area (Å²) in [4.78, 5) is 0. The van der Waals surface area contributed by atoms with Crippen LogP contribution >= 0.6 is 0 Å². The van der Waals surface area contributed by atoms with E-state index in [2.05, 4.69) is 26.1 Å². The van der Waals surface area contributed by atoms with Gasteiger partial charge in [0, 0.05) is 12.1 Å². The van der Waals surface area contributed by atoms with Crippen molar-refractivity contribution in [3.05, 3.63) is 35.1 Å². The molecule has 1 rings (SSSR count). The summed E-state index contributed by atoms with van der Waals surface area (Å²) in [6, 6.07) is 5.30. The van der Waals surface area contributed by atoms with Crippen LogP contribution in [0.5, 0.6) is 0 Å². The summed E-state index contributed by atoms with van der Waals surface area (Å²) in [5, 5.41) is 3.54. The molecule has 0 aliphatic carbocycles. The first-order chi connectivity index (χ1) is 7.50. The van der Waals surface area contributed by atoms with Crippen molar-refractivity contribution in [1.29, 1.82) is 0 Å². The molecule has 0 aliphatic heterocycles. The Morgan fingerprint density at radius 3 is 2.38 bits per heavy atom. The monoisotopic (exact) mass is 223 g/mol. The van der Waals surface area contributed by atoms with Gasteiger partial charge in [0.2, 0.25) is 0 Å². The Kier molecular flexibility index (Phi) is 4.48. The summed E-state index contributed by atoms with van der Waals surface area (Å²) in [6.45, 7) is 9.21. The molecule has 0 heterocycles. The Morgan fingerprint density at radius 2 is 1.88 bits per heavy atom. The fraction of sp³-hybridized carbons (Fsp3) is 0.571. The molecule has 0 atom stereocenters. The average Bonchev–Trinajstić information content (AvgIpc) is 2.30. The van der Waals surface area contributed by atoms with Crippen LogP contribution in [0.25, 0.3) is 0 Å². The molecule has 0 bridgehead atoms. The van der Waals surface area contributed by atoms with Gasteiger partial charge in [-0.2, -0.15) is 0 Å². The summed E-state index contributed by atoms with van der Waals surface area (Å²) < 4.78 is 13.1. The number of benzene rings is 1. The van der Waals surface area contributed by atoms with Gasteiger partial charge < -0.3 is 5.32 Å². The summed E-state index contributed by atoms with van der Waals surface area (Å²) in [5.74, 6) is -0.127. The molecule has 90 valence electrons. The Balaban J connectivity index is 2.64. The van der Waals surface area contributed by atoms with E-state index in [1.165, 1.54) is 0 Å². The summed E-state index contributed by atoms with van der Waals surface area (Å²) in [5.41, 5.74) is 2.04. The van der Waals surface area contributed by atoms with Gasteiger partial charge in [0.1, 0.15) is 5.82 Å². The van der Waals surface area contributed by atoms with Gasteiger partial charge in [-0.1, -0.05) is 26.0 Å². The van der Waals surface area contributed by atoms with E-state index in [-0.39, 0.29) is 11.4 Å². The minimum Gasteiger partial charge on any atom is -0.307 e. The van der Waals surface area contributed by atoms with Gasteiger partial charge in [0.25, 0.3) is 0 Å². The molecular formula is C14H22FN. The van der Waals surface area contributed by atoms with Crippen LogP contribution in [0.3, 0.4) is 0 Å². The highest BCUT2D eigenvalue weighted by atomic mass is 19.1. The highest BCUT2D eigenvalue weighted by Gasteiger charge is 2.17. The number of halogens is 1. The van der Waals surface area contributed by atoms with Crippen molar-refractivity contribution >= 4 is 0 Å². The summed E-state index contributed by atoms with van der Waals surface area (Å²) >= 11 is 0. The average molecular weight is 223 g/mol. The predicted molar refractivity (Wildman–Crippen MR) is 67.0 cm³/mol. The number of hydrogen-bond donors (Lipinski definition) is 1. The van der Waals surface area contributed by atoms with E-state index in [0.29, 0.717) is 5.56 Å². The highest BCUT2D eigenvalue weighted by Crippen LogP contribution is 2.15. The lowest BCUT2D eigenvalue weighted by Gasteiger charge is -2.28. The van der Waals surface area contributed by atoms with E-state index in [1.54, 1.807) is 13.0 Å². The second kappa shape index (κ2) is 5.44. The number of hydrogen-bond acceptors (Lipinski definition) is 1. The van der Waals surface area contributed by atoms with E-state index >= 15 is 0 Å². The van der Waals surface area contributed by atoms with Crippen molar-refractivity contribution in [2.75, 3.05) is 0 Å². The van der Waals surface area contributed by atoms with E-state index in [1.807, 2.05) is 12.1 Å². The zero-order chi connectivity index (χ0) is 12.2. The first-order valence-corrected chi connectivity index (χ1v) is 6.01. The quantitative estimate of drug-likeness (QED) is 0.800. The zero-order valence-corrected chi connectivity index (χ0v) is 10.7. The third kappa shape index (κ3) is 3.31. The van der Waals surface area contributed by atoms with Gasteiger partial charge in [0.05, 0.1) is 0 Å². The molecule has 0 aliphatic rings. The van der Waals surface area contributed by atoms with Gasteiger partial charge in [-0.05, 0) is 43.9 Å². The van der Waals surface area contributed by atoms with Crippen molar-refractivity contribution in [2.24, 2.45) is 0 Å². The fourth-order valence-electron chi connectivity index (χ4n) is 1.63. The zero-order valence-electron chi connectivity index (χ0n) is 10.7. The van der Waals surface area contributed by atoms with E-state index in [0.717, 1.165) is 24.9 Å². The van der Waals surface area contributed by atoms with Crippen LogP contribution in [0, 0.1) is 12.7 Å². The molecule has 1 aromatic carbocycles. The van der Waals surface area contributed by atoms with Crippen LogP contribution in [0.2, 0.25) is 0 Å². The Hall–Kier alpha value is -0.890. The van der Waals surface area contributed by atoms with Gasteiger partial charge in [-0.25, -0.2) is 4.39 Å². The molecule has 1 aromatic rings. The van der Waals surface area contributed by atoms with Crippen molar-refractivity contribution < 1.29 is 4.39 Å². The summed E-state index contributed by atoms with van der Waals surface area (Å²) in [6.07, 6.45) is 2.20. The topological polar surface area (TPSA) is 12.0 Å². The van der Waals surface area contributed by atoms with Crippen molar-refractivity contribution in [3.8, 4) is 0 Å². The molecule has 0 unspecified atom stereocenters. The number of rotatable bonds is 5. The molecule has 0 saturated carbocycles. The molecule has 1 nitrogen and oxygen atoms in total. The molecule has 0 amide bonds. The van der Waals surface area contributed by atoms with Gasteiger partial charge >= 0.3 is 0 Å². The van der Waals surface area contributed by atoms with E-state index in [9.17, 15) is 4.39 Å². The number of aryl methyl sites for hydroxylation is 1. The molecule has 0 spiro atoms. The predicted octanol–water partition coefficient (Wildman–Crippen LogP) is 3.80. The third-order valence-electron chi connectivity index (χ3n) is 3.50. The van der Waals surface area contributed by atoms with Crippen LogP contribution in [-0.4, -0.2) is 5.54 Å². The first-order valence-electron chi connectivity index (χ1n) is 6.01. The second-order valence-electron chi connectivity index (χ2n) is 4.70. The standard InChI is InChI=1S/C14H22FN/c1-5-14(4,6-2)16-10-12-7-8-13(15)11(3)9-12/h7-9,16H,5-6,10H2,1-4H3. The Morgan fingerprint density at radius 1 is 1.25 bits per heavy atom. The highest BCUT2D eigenvalue weighted by molar-refractivity contribution is 5.23. The fourth-order valence-corrected chi connectivity index (χ4v) is 1.63. The lowest BCUT2D eigenvalue weighted by molar-refractivity contribution is 0.329. The molecule has 0 saturated heterocycles. The van der Waals surface area contributed by atoms with E-state index in [4.69, 9.17) is 0 Å². The van der Waals surface area contributed by atoms with Crippen LogP contribution in [0.4, 0.5) is 4.39 Å². The minimum absolute atomic E-state index is 0.127. The SMILES string of the molecule is CCC(C)(CC)NCc1ccc(F)c(C)c1. The van der Waals surface area contributed by atoms with Crippen LogP contribution in [0.1, 0.15) is 44.7 Å². The molecule has 0 fully saturated rings. The smallest absolute Gasteiger partial charge is 0.126 e. The molecule has 0 aromatic heterocycles. The van der Waals surface area contributed by atoms with Crippen LogP contribution in [0.15, 0.2) is 18.2 Å². The lowest BCUT2D eigenvalue weighted by atomic mass is 9.95. The largest absolute Gasteiger partial charge is 0.307 e. The van der Waals surface area contributed by atoms with Crippen molar-refractivity contribution in [2.45, 2.75) is 52.6 Å². The lowest BCUT2D eigenvalue weighted by Crippen LogP contribution is -2.40. The maximum atomic E-state index is 13.1. The molecular weight excluding hydrogens is 201 g/mol. The van der Waals surface area contributed by atoms with E-state index < -0.39 is 0 Å². The summed E-state index contributed by atoms with van der Waals surface area (Å²) in [7, 11) is 0. The van der Waals surface area contributed by atoms with Crippen molar-refractivity contribution in [1.82, 2.24) is 5.32 Å². The Labute approximate surface area is 98.1 Å². The maximum Gasteiger partial charge on any atom is 0.126 e.